The lowest BCUT2D eigenvalue weighted by Gasteiger charge is -2.32. The zero-order valence-corrected chi connectivity index (χ0v) is 56.3. The molecule has 0 heterocycles. The van der Waals surface area contributed by atoms with Crippen molar-refractivity contribution < 1.29 is 53.8 Å². The molecule has 4 aromatic carbocycles. The molecule has 0 aliphatic heterocycles. The molecular weight excluding hydrogens is 1050 g/mol. The standard InChI is InChI=1S/C73H108O11/c1-65(2,3)50-33-45(34-51(61(50)78)66(4,5)6)25-29-49(74)41-73(42-82-58(75)30-26-46-35-52(67(7,8)9)62(79)53(36-46)68(10,11)12,43-83-59(76)31-27-47-37-54(69(13,14)15)63(80)55(38-47)70(16,17)18)44-84-60(77)32-28-48-39-56(71(19,20)21)64(81)57(40-48)72(22,23)24/h33-40,78-81H,25-32,41-44H2,1-24H3. The van der Waals surface area contributed by atoms with Gasteiger partial charge >= 0.3 is 17.9 Å². The van der Waals surface area contributed by atoms with Gasteiger partial charge in [0.05, 0.1) is 5.41 Å². The Morgan fingerprint density at radius 2 is 0.464 bits per heavy atom. The highest BCUT2D eigenvalue weighted by molar-refractivity contribution is 5.80. The van der Waals surface area contributed by atoms with E-state index in [9.17, 15) is 39.6 Å². The van der Waals surface area contributed by atoms with Gasteiger partial charge in [-0.05, 0) is 136 Å². The summed E-state index contributed by atoms with van der Waals surface area (Å²) in [7, 11) is 0. The molecule has 0 amide bonds. The van der Waals surface area contributed by atoms with Gasteiger partial charge in [-0.1, -0.05) is 215 Å². The number of Topliss-reactive ketones (excluding diaryl/α,β-unsaturated/α-hetero) is 1. The van der Waals surface area contributed by atoms with Crippen molar-refractivity contribution in [3.05, 3.63) is 115 Å². The van der Waals surface area contributed by atoms with Crippen molar-refractivity contribution in [2.45, 2.75) is 267 Å². The van der Waals surface area contributed by atoms with Gasteiger partial charge in [-0.15, -0.1) is 0 Å². The van der Waals surface area contributed by atoms with Crippen LogP contribution in [0.25, 0.3) is 0 Å². The number of hydrogen-bond acceptors (Lipinski definition) is 11. The summed E-state index contributed by atoms with van der Waals surface area (Å²) in [6.07, 6.45) is 0.813. The first kappa shape index (κ1) is 70.6. The number of esters is 3. The van der Waals surface area contributed by atoms with E-state index in [-0.39, 0.29) is 80.1 Å². The summed E-state index contributed by atoms with van der Waals surface area (Å²) in [5.41, 5.74) is 4.84. The van der Waals surface area contributed by atoms with E-state index in [1.54, 1.807) is 0 Å². The number of rotatable bonds is 20. The Morgan fingerprint density at radius 1 is 0.298 bits per heavy atom. The van der Waals surface area contributed by atoms with Gasteiger partial charge in [-0.2, -0.15) is 0 Å². The first-order valence-corrected chi connectivity index (χ1v) is 30.4. The molecule has 0 atom stereocenters. The zero-order chi connectivity index (χ0) is 64.3. The molecule has 4 aromatic rings. The van der Waals surface area contributed by atoms with E-state index in [0.717, 1.165) is 66.8 Å². The van der Waals surface area contributed by atoms with Crippen LogP contribution in [0.4, 0.5) is 0 Å². The molecule has 0 fully saturated rings. The van der Waals surface area contributed by atoms with Crippen LogP contribution in [0.2, 0.25) is 0 Å². The molecule has 0 aliphatic carbocycles. The summed E-state index contributed by atoms with van der Waals surface area (Å²) in [5, 5.41) is 45.8. The van der Waals surface area contributed by atoms with Crippen LogP contribution in [0.15, 0.2) is 48.5 Å². The minimum absolute atomic E-state index is 0.0444. The zero-order valence-electron chi connectivity index (χ0n) is 56.3. The van der Waals surface area contributed by atoms with Crippen LogP contribution in [-0.2, 0) is 102 Å². The number of benzene rings is 4. The van der Waals surface area contributed by atoms with Gasteiger partial charge < -0.3 is 34.6 Å². The highest BCUT2D eigenvalue weighted by Crippen LogP contribution is 2.44. The quantitative estimate of drug-likeness (QED) is 0.0489. The normalized spacial score (nSPS) is 13.2. The topological polar surface area (TPSA) is 177 Å². The Hall–Kier alpha value is -5.84. The molecule has 11 heteroatoms. The Balaban J connectivity index is 1.79. The minimum Gasteiger partial charge on any atom is -0.507 e. The van der Waals surface area contributed by atoms with Gasteiger partial charge in [0.1, 0.15) is 48.6 Å². The third-order valence-corrected chi connectivity index (χ3v) is 15.9. The summed E-state index contributed by atoms with van der Waals surface area (Å²) in [4.78, 5) is 57.2. The maximum absolute atomic E-state index is 14.8. The van der Waals surface area contributed by atoms with E-state index < -0.39 is 86.5 Å². The Labute approximate surface area is 506 Å². The molecule has 0 radical (unpaired) electrons. The number of carbonyl (C=O) groups excluding carboxylic acids is 4. The number of carbonyl (C=O) groups is 4. The summed E-state index contributed by atoms with van der Waals surface area (Å²) in [5.74, 6) is -1.04. The number of phenols is 4. The lowest BCUT2D eigenvalue weighted by molar-refractivity contribution is -0.164. The molecule has 0 saturated heterocycles. The molecule has 0 aliphatic rings. The van der Waals surface area contributed by atoms with E-state index in [1.807, 2.05) is 215 Å². The molecule has 466 valence electrons. The van der Waals surface area contributed by atoms with Crippen molar-refractivity contribution in [1.29, 1.82) is 0 Å². The average Bonchev–Trinajstić information content (AvgIpc) is 2.59. The van der Waals surface area contributed by atoms with Gasteiger partial charge in [-0.3, -0.25) is 19.2 Å². The SMILES string of the molecule is CC(C)(C)c1cc(CCC(=O)CC(COC(=O)CCc2cc(C(C)(C)C)c(O)c(C(C)(C)C)c2)(COC(=O)CCc2cc(C(C)(C)C)c(O)c(C(C)(C)C)c2)COC(=O)CCc2cc(C(C)(C)C)c(O)c(C(C)(C)C)c2)cc(C(C)(C)C)c1O. The number of aryl methyl sites for hydroxylation is 4. The lowest BCUT2D eigenvalue weighted by Crippen LogP contribution is -2.41. The lowest BCUT2D eigenvalue weighted by atomic mass is 9.77. The van der Waals surface area contributed by atoms with Crippen LogP contribution >= 0.6 is 0 Å². The second kappa shape index (κ2) is 26.0. The average molecular weight is 1160 g/mol. The largest absolute Gasteiger partial charge is 0.507 e. The van der Waals surface area contributed by atoms with Crippen LogP contribution in [-0.4, -0.2) is 63.9 Å². The number of ketones is 1. The molecule has 0 spiro atoms. The first-order chi connectivity index (χ1) is 37.9. The third-order valence-electron chi connectivity index (χ3n) is 15.9. The fraction of sp³-hybridized carbons (Fsp3) is 0.616. The molecule has 11 nitrogen and oxygen atoms in total. The van der Waals surface area contributed by atoms with Crippen LogP contribution < -0.4 is 0 Å². The van der Waals surface area contributed by atoms with E-state index in [2.05, 4.69) is 0 Å². The van der Waals surface area contributed by atoms with Crippen molar-refractivity contribution in [3.8, 4) is 23.0 Å². The molecule has 4 rings (SSSR count). The molecule has 0 unspecified atom stereocenters. The highest BCUT2D eigenvalue weighted by Gasteiger charge is 2.39. The molecule has 84 heavy (non-hydrogen) atoms. The number of aromatic hydroxyl groups is 4. The summed E-state index contributed by atoms with van der Waals surface area (Å²) < 4.78 is 18.5. The first-order valence-electron chi connectivity index (χ1n) is 30.4. The second-order valence-electron chi connectivity index (χ2n) is 32.4. The fourth-order valence-corrected chi connectivity index (χ4v) is 10.7. The monoisotopic (exact) mass is 1160 g/mol. The maximum Gasteiger partial charge on any atom is 0.306 e. The smallest absolute Gasteiger partial charge is 0.306 e. The van der Waals surface area contributed by atoms with Crippen LogP contribution in [0.1, 0.15) is 265 Å². The van der Waals surface area contributed by atoms with Crippen LogP contribution in [0, 0.1) is 5.41 Å². The number of hydrogen-bond donors (Lipinski definition) is 4. The van der Waals surface area contributed by atoms with Crippen molar-refractivity contribution >= 4 is 23.7 Å². The van der Waals surface area contributed by atoms with Crippen LogP contribution in [0.3, 0.4) is 0 Å². The van der Waals surface area contributed by atoms with Crippen molar-refractivity contribution in [2.75, 3.05) is 19.8 Å². The molecule has 0 bridgehead atoms. The minimum atomic E-state index is -1.52. The van der Waals surface area contributed by atoms with E-state index in [4.69, 9.17) is 14.2 Å². The van der Waals surface area contributed by atoms with Gasteiger partial charge in [0.15, 0.2) is 0 Å². The fourth-order valence-electron chi connectivity index (χ4n) is 10.7. The summed E-state index contributed by atoms with van der Waals surface area (Å²) in [6, 6.07) is 15.5. The number of phenolic OH excluding ortho intramolecular Hbond substituents is 4. The van der Waals surface area contributed by atoms with Gasteiger partial charge in [-0.25, -0.2) is 0 Å². The summed E-state index contributed by atoms with van der Waals surface area (Å²) >= 11 is 0. The Morgan fingerprint density at radius 3 is 0.631 bits per heavy atom. The van der Waals surface area contributed by atoms with E-state index in [1.165, 1.54) is 0 Å². The predicted octanol–water partition coefficient (Wildman–Crippen LogP) is 16.3. The van der Waals surface area contributed by atoms with Gasteiger partial charge in [0.2, 0.25) is 0 Å². The van der Waals surface area contributed by atoms with Crippen molar-refractivity contribution in [3.63, 3.8) is 0 Å². The maximum atomic E-state index is 14.8. The Kier molecular flexibility index (Phi) is 21.9. The van der Waals surface area contributed by atoms with E-state index >= 15 is 0 Å². The van der Waals surface area contributed by atoms with Gasteiger partial charge in [0.25, 0.3) is 0 Å². The van der Waals surface area contributed by atoms with Crippen molar-refractivity contribution in [2.24, 2.45) is 5.41 Å². The third kappa shape index (κ3) is 19.3. The molecule has 0 saturated carbocycles. The van der Waals surface area contributed by atoms with Crippen LogP contribution in [0.5, 0.6) is 23.0 Å². The van der Waals surface area contributed by atoms with Gasteiger partial charge in [0, 0.05) is 32.1 Å². The Bertz CT molecular complexity index is 2620. The van der Waals surface area contributed by atoms with E-state index in [0.29, 0.717) is 6.42 Å². The highest BCUT2D eigenvalue weighted by atomic mass is 16.6. The van der Waals surface area contributed by atoms with Crippen molar-refractivity contribution in [1.82, 2.24) is 0 Å². The molecular formula is C73H108O11. The number of ether oxygens (including phenoxy) is 3. The molecule has 4 N–H and O–H groups in total. The second-order valence-corrected chi connectivity index (χ2v) is 32.4. The predicted molar refractivity (Wildman–Crippen MR) is 340 cm³/mol. The molecule has 0 aromatic heterocycles. The summed E-state index contributed by atoms with van der Waals surface area (Å²) in [6.45, 7) is 47.5.